The number of carboxylic acid groups (broad SMARTS) is 1. The topological polar surface area (TPSA) is 71.3 Å². The molecular formula is C23H21FN2O3. The number of rotatable bonds is 3. The average molecular weight is 392 g/mol. The number of nitrogens with one attached hydrogen (secondary N) is 1. The molecule has 0 amide bonds. The van der Waals surface area contributed by atoms with Gasteiger partial charge in [-0.05, 0) is 61.6 Å². The third-order valence-electron chi connectivity index (χ3n) is 6.12. The molecule has 6 heteroatoms. The van der Waals surface area contributed by atoms with Crippen molar-refractivity contribution in [2.24, 2.45) is 0 Å². The zero-order valence-electron chi connectivity index (χ0n) is 16.2. The Kier molecular flexibility index (Phi) is 3.90. The first-order chi connectivity index (χ1) is 13.8. The summed E-state index contributed by atoms with van der Waals surface area (Å²) in [6.45, 7) is 4.19. The Bertz CT molecular complexity index is 1240. The Labute approximate surface area is 166 Å². The maximum atomic E-state index is 15.1. The van der Waals surface area contributed by atoms with Crippen molar-refractivity contribution < 1.29 is 14.3 Å². The van der Waals surface area contributed by atoms with E-state index in [1.807, 2.05) is 22.8 Å². The number of fused-ring (bicyclic) bond motifs is 2. The van der Waals surface area contributed by atoms with Crippen molar-refractivity contribution in [2.75, 3.05) is 0 Å². The number of benzene rings is 2. The van der Waals surface area contributed by atoms with E-state index in [1.54, 1.807) is 6.07 Å². The van der Waals surface area contributed by atoms with Crippen LogP contribution in [0.4, 0.5) is 4.39 Å². The van der Waals surface area contributed by atoms with Crippen LogP contribution in [0.1, 0.15) is 66.3 Å². The van der Waals surface area contributed by atoms with Crippen LogP contribution in [0.2, 0.25) is 0 Å². The number of halogens is 1. The summed E-state index contributed by atoms with van der Waals surface area (Å²) in [6, 6.07) is 9.41. The summed E-state index contributed by atoms with van der Waals surface area (Å²) in [4.78, 5) is 24.1. The molecule has 2 heterocycles. The van der Waals surface area contributed by atoms with Gasteiger partial charge in [0.25, 0.3) is 0 Å². The molecule has 5 rings (SSSR count). The highest BCUT2D eigenvalue weighted by molar-refractivity contribution is 5.94. The van der Waals surface area contributed by atoms with Gasteiger partial charge in [-0.15, -0.1) is 0 Å². The lowest BCUT2D eigenvalue weighted by Gasteiger charge is -2.14. The zero-order chi connectivity index (χ0) is 20.4. The van der Waals surface area contributed by atoms with Gasteiger partial charge >= 0.3 is 5.97 Å². The molecule has 0 radical (unpaired) electrons. The van der Waals surface area contributed by atoms with Gasteiger partial charge in [0, 0.05) is 35.3 Å². The molecular weight excluding hydrogens is 371 g/mol. The summed E-state index contributed by atoms with van der Waals surface area (Å²) in [5.74, 6) is -1.81. The van der Waals surface area contributed by atoms with E-state index in [0.717, 1.165) is 24.0 Å². The second kappa shape index (κ2) is 6.26. The minimum absolute atomic E-state index is 0.114. The molecule has 1 fully saturated rings. The SMILES string of the molecule is CC1NC(C)c2cc(-c3cc4c(cc3F)c(=O)c(C(=O)O)cn4C3CC3)ccc21. The Morgan fingerprint density at radius 1 is 1.14 bits per heavy atom. The molecule has 0 bridgehead atoms. The Morgan fingerprint density at radius 3 is 2.55 bits per heavy atom. The summed E-state index contributed by atoms with van der Waals surface area (Å²) < 4.78 is 16.9. The first kappa shape index (κ1) is 18.1. The molecule has 3 aromatic rings. The second-order valence-electron chi connectivity index (χ2n) is 8.12. The molecule has 1 saturated carbocycles. The number of hydrogen-bond donors (Lipinski definition) is 2. The van der Waals surface area contributed by atoms with Crippen molar-refractivity contribution in [3.05, 3.63) is 69.3 Å². The molecule has 5 nitrogen and oxygen atoms in total. The molecule has 2 aromatic carbocycles. The average Bonchev–Trinajstić information content (AvgIpc) is 3.48. The Balaban J connectivity index is 1.75. The Hall–Kier alpha value is -2.99. The van der Waals surface area contributed by atoms with Gasteiger partial charge in [-0.3, -0.25) is 4.79 Å². The lowest BCUT2D eigenvalue weighted by atomic mass is 9.95. The van der Waals surface area contributed by atoms with E-state index in [9.17, 15) is 14.7 Å². The van der Waals surface area contributed by atoms with Crippen LogP contribution in [0.3, 0.4) is 0 Å². The van der Waals surface area contributed by atoms with Crippen LogP contribution >= 0.6 is 0 Å². The fraction of sp³-hybridized carbons (Fsp3) is 0.304. The normalized spacial score (nSPS) is 20.8. The summed E-state index contributed by atoms with van der Waals surface area (Å²) in [5.41, 5.74) is 3.16. The van der Waals surface area contributed by atoms with Crippen LogP contribution in [0.25, 0.3) is 22.0 Å². The van der Waals surface area contributed by atoms with Crippen LogP contribution in [0.5, 0.6) is 0 Å². The molecule has 148 valence electrons. The monoisotopic (exact) mass is 392 g/mol. The summed E-state index contributed by atoms with van der Waals surface area (Å²) in [7, 11) is 0. The van der Waals surface area contributed by atoms with Gasteiger partial charge in [-0.1, -0.05) is 12.1 Å². The van der Waals surface area contributed by atoms with Crippen molar-refractivity contribution in [1.82, 2.24) is 9.88 Å². The highest BCUT2D eigenvalue weighted by Gasteiger charge is 2.28. The number of carbonyl (C=O) groups is 1. The van der Waals surface area contributed by atoms with Crippen molar-refractivity contribution in [3.63, 3.8) is 0 Å². The lowest BCUT2D eigenvalue weighted by molar-refractivity contribution is 0.0695. The number of aromatic nitrogens is 1. The van der Waals surface area contributed by atoms with Gasteiger partial charge in [0.1, 0.15) is 11.4 Å². The van der Waals surface area contributed by atoms with Gasteiger partial charge in [-0.2, -0.15) is 0 Å². The fourth-order valence-electron chi connectivity index (χ4n) is 4.46. The van der Waals surface area contributed by atoms with Crippen LogP contribution in [-0.4, -0.2) is 15.6 Å². The van der Waals surface area contributed by atoms with Crippen LogP contribution < -0.4 is 10.7 Å². The zero-order valence-corrected chi connectivity index (χ0v) is 16.2. The van der Waals surface area contributed by atoms with Gasteiger partial charge in [0.15, 0.2) is 0 Å². The predicted octanol–water partition coefficient (Wildman–Crippen LogP) is 4.57. The summed E-state index contributed by atoms with van der Waals surface area (Å²) >= 11 is 0. The first-order valence-corrected chi connectivity index (χ1v) is 9.87. The van der Waals surface area contributed by atoms with Gasteiger partial charge in [0.2, 0.25) is 5.43 Å². The van der Waals surface area contributed by atoms with E-state index >= 15 is 4.39 Å². The minimum atomic E-state index is -1.29. The van der Waals surface area contributed by atoms with Gasteiger partial charge in [0.05, 0.1) is 5.52 Å². The smallest absolute Gasteiger partial charge is 0.341 e. The molecule has 2 N–H and O–H groups in total. The van der Waals surface area contributed by atoms with E-state index in [-0.39, 0.29) is 29.1 Å². The number of nitrogens with zero attached hydrogens (tertiary/aromatic N) is 1. The molecule has 2 aliphatic rings. The van der Waals surface area contributed by atoms with Crippen molar-refractivity contribution in [2.45, 2.75) is 44.8 Å². The molecule has 1 aliphatic heterocycles. The van der Waals surface area contributed by atoms with Crippen molar-refractivity contribution in [3.8, 4) is 11.1 Å². The van der Waals surface area contributed by atoms with E-state index in [0.29, 0.717) is 11.1 Å². The number of carboxylic acids is 1. The molecule has 2 unspecified atom stereocenters. The minimum Gasteiger partial charge on any atom is -0.477 e. The predicted molar refractivity (Wildman–Crippen MR) is 109 cm³/mol. The van der Waals surface area contributed by atoms with E-state index in [2.05, 4.69) is 19.2 Å². The number of pyridine rings is 1. The number of aromatic carboxylic acids is 1. The van der Waals surface area contributed by atoms with Crippen LogP contribution in [0.15, 0.2) is 41.3 Å². The highest BCUT2D eigenvalue weighted by Crippen LogP contribution is 2.39. The van der Waals surface area contributed by atoms with Crippen molar-refractivity contribution in [1.29, 1.82) is 0 Å². The molecule has 1 aromatic heterocycles. The summed E-state index contributed by atoms with van der Waals surface area (Å²) in [5, 5.41) is 13.0. The van der Waals surface area contributed by atoms with Crippen LogP contribution in [0, 0.1) is 5.82 Å². The van der Waals surface area contributed by atoms with E-state index in [1.165, 1.54) is 17.8 Å². The first-order valence-electron chi connectivity index (χ1n) is 9.87. The van der Waals surface area contributed by atoms with E-state index < -0.39 is 17.2 Å². The third-order valence-corrected chi connectivity index (χ3v) is 6.12. The van der Waals surface area contributed by atoms with Crippen molar-refractivity contribution >= 4 is 16.9 Å². The molecule has 2 atom stereocenters. The lowest BCUT2D eigenvalue weighted by Crippen LogP contribution is -2.19. The molecule has 0 saturated heterocycles. The maximum absolute atomic E-state index is 15.1. The van der Waals surface area contributed by atoms with Gasteiger partial charge < -0.3 is 15.0 Å². The quantitative estimate of drug-likeness (QED) is 0.685. The largest absolute Gasteiger partial charge is 0.477 e. The van der Waals surface area contributed by atoms with Gasteiger partial charge in [-0.25, -0.2) is 9.18 Å². The molecule has 0 spiro atoms. The van der Waals surface area contributed by atoms with Crippen LogP contribution in [-0.2, 0) is 0 Å². The maximum Gasteiger partial charge on any atom is 0.341 e. The molecule has 1 aliphatic carbocycles. The fourth-order valence-corrected chi connectivity index (χ4v) is 4.46. The third kappa shape index (κ3) is 2.78. The van der Waals surface area contributed by atoms with E-state index in [4.69, 9.17) is 0 Å². The molecule has 29 heavy (non-hydrogen) atoms. The standard InChI is InChI=1S/C23H21FN2O3/c1-11-15-6-3-13(7-16(15)12(2)25-11)17-9-21-18(8-20(17)24)22(27)19(23(28)29)10-26(21)14-4-5-14/h3,6-12,14,25H,4-5H2,1-2H3,(H,28,29). The Morgan fingerprint density at radius 2 is 1.86 bits per heavy atom. The summed E-state index contributed by atoms with van der Waals surface area (Å²) in [6.07, 6.45) is 3.25. The second-order valence-corrected chi connectivity index (χ2v) is 8.12. The highest BCUT2D eigenvalue weighted by atomic mass is 19.1. The number of hydrogen-bond acceptors (Lipinski definition) is 3.